The largest absolute Gasteiger partial charge is 0.508 e. The number of carbonyl (C=O) groups is 1. The molecule has 0 saturated heterocycles. The van der Waals surface area contributed by atoms with Crippen LogP contribution in [0.2, 0.25) is 0 Å². The van der Waals surface area contributed by atoms with Crippen LogP contribution in [-0.2, 0) is 4.79 Å². The maximum absolute atomic E-state index is 12.0. The summed E-state index contributed by atoms with van der Waals surface area (Å²) in [7, 11) is 0. The second-order valence-electron chi connectivity index (χ2n) is 4.19. The molecule has 0 unspecified atom stereocenters. The number of carbonyl (C=O) groups excluding carboxylic acids is 1. The summed E-state index contributed by atoms with van der Waals surface area (Å²) in [5.41, 5.74) is 0.377. The van der Waals surface area contributed by atoms with Crippen molar-refractivity contribution in [2.45, 2.75) is 0 Å². The van der Waals surface area contributed by atoms with E-state index in [1.807, 2.05) is 6.07 Å². The van der Waals surface area contributed by atoms with E-state index in [1.54, 1.807) is 29.2 Å². The summed E-state index contributed by atoms with van der Waals surface area (Å²) in [5.74, 6) is -0.503. The van der Waals surface area contributed by atoms with E-state index < -0.39 is 5.91 Å². The van der Waals surface area contributed by atoms with Crippen molar-refractivity contribution in [3.63, 3.8) is 0 Å². The molecule has 0 atom stereocenters. The van der Waals surface area contributed by atoms with Gasteiger partial charge in [0, 0.05) is 31.0 Å². The van der Waals surface area contributed by atoms with Crippen molar-refractivity contribution in [2.24, 2.45) is 0 Å². The molecule has 1 aromatic rings. The topological polar surface area (TPSA) is 76.4 Å². The predicted octanol–water partition coefficient (Wildman–Crippen LogP) is 2.41. The van der Waals surface area contributed by atoms with Crippen LogP contribution in [0.1, 0.15) is 0 Å². The lowest BCUT2D eigenvalue weighted by atomic mass is 10.2. The van der Waals surface area contributed by atoms with Crippen molar-refractivity contribution in [2.75, 3.05) is 18.4 Å². The fourth-order valence-electron chi connectivity index (χ4n) is 1.61. The van der Waals surface area contributed by atoms with E-state index in [0.29, 0.717) is 18.8 Å². The molecular formula is C16H17N3O2. The van der Waals surface area contributed by atoms with E-state index in [1.165, 1.54) is 18.3 Å². The van der Waals surface area contributed by atoms with Gasteiger partial charge >= 0.3 is 0 Å². The van der Waals surface area contributed by atoms with E-state index >= 15 is 0 Å². The second kappa shape index (κ2) is 8.23. The normalized spacial score (nSPS) is 10.3. The molecule has 0 spiro atoms. The minimum absolute atomic E-state index is 0.0372. The molecule has 0 aliphatic heterocycles. The van der Waals surface area contributed by atoms with Gasteiger partial charge in [0.25, 0.3) is 5.91 Å². The van der Waals surface area contributed by atoms with Gasteiger partial charge in [0.2, 0.25) is 0 Å². The van der Waals surface area contributed by atoms with Gasteiger partial charge in [-0.05, 0) is 12.1 Å². The molecule has 5 nitrogen and oxygen atoms in total. The van der Waals surface area contributed by atoms with Crippen molar-refractivity contribution in [3.05, 3.63) is 61.3 Å². The Kier molecular flexibility index (Phi) is 6.29. The van der Waals surface area contributed by atoms with Crippen LogP contribution in [-0.4, -0.2) is 29.0 Å². The van der Waals surface area contributed by atoms with Gasteiger partial charge in [-0.3, -0.25) is 4.79 Å². The third-order valence-corrected chi connectivity index (χ3v) is 2.51. The lowest BCUT2D eigenvalue weighted by molar-refractivity contribution is -0.112. The Balaban J connectivity index is 2.87. The Bertz CT molecular complexity index is 590. The van der Waals surface area contributed by atoms with Gasteiger partial charge in [-0.2, -0.15) is 5.26 Å². The third kappa shape index (κ3) is 5.25. The molecule has 1 amide bonds. The first kappa shape index (κ1) is 16.1. The standard InChI is InChI=1S/C16H17N3O2/c1-3-8-19(9-4-2)12-13(11-17)16(21)18-14-6-5-7-15(20)10-14/h3-7,10,12,20H,1-2,8-9H2,(H,18,21)/b13-12-. The molecule has 0 aromatic heterocycles. The van der Waals surface area contributed by atoms with Crippen molar-refractivity contribution in [1.82, 2.24) is 4.90 Å². The van der Waals surface area contributed by atoms with Gasteiger partial charge in [-0.25, -0.2) is 0 Å². The fourth-order valence-corrected chi connectivity index (χ4v) is 1.61. The molecular weight excluding hydrogens is 266 g/mol. The highest BCUT2D eigenvalue weighted by Crippen LogP contribution is 2.16. The van der Waals surface area contributed by atoms with Crippen LogP contribution in [0.5, 0.6) is 5.75 Å². The average Bonchev–Trinajstić information content (AvgIpc) is 2.45. The number of nitrogens with zero attached hydrogens (tertiary/aromatic N) is 2. The van der Waals surface area contributed by atoms with Crippen LogP contribution in [0.3, 0.4) is 0 Å². The minimum atomic E-state index is -0.541. The van der Waals surface area contributed by atoms with E-state index in [-0.39, 0.29) is 11.3 Å². The van der Waals surface area contributed by atoms with Gasteiger partial charge in [-0.15, -0.1) is 13.2 Å². The highest BCUT2D eigenvalue weighted by atomic mass is 16.3. The lowest BCUT2D eigenvalue weighted by Gasteiger charge is -2.16. The Labute approximate surface area is 124 Å². The van der Waals surface area contributed by atoms with Crippen molar-refractivity contribution in [1.29, 1.82) is 5.26 Å². The quantitative estimate of drug-likeness (QED) is 0.458. The van der Waals surface area contributed by atoms with E-state index in [9.17, 15) is 9.90 Å². The van der Waals surface area contributed by atoms with Crippen LogP contribution in [0.4, 0.5) is 5.69 Å². The molecule has 0 bridgehead atoms. The van der Waals surface area contributed by atoms with Crippen molar-refractivity contribution >= 4 is 11.6 Å². The number of nitrogens with one attached hydrogen (secondary N) is 1. The zero-order chi connectivity index (χ0) is 15.7. The number of phenolic OH excluding ortho intramolecular Hbond substituents is 1. The number of hydrogen-bond acceptors (Lipinski definition) is 4. The van der Waals surface area contributed by atoms with Gasteiger partial charge in [0.15, 0.2) is 0 Å². The molecule has 1 rings (SSSR count). The average molecular weight is 283 g/mol. The van der Waals surface area contributed by atoms with Gasteiger partial charge in [-0.1, -0.05) is 18.2 Å². The summed E-state index contributed by atoms with van der Waals surface area (Å²) in [5, 5.41) is 21.0. The number of amides is 1. The van der Waals surface area contributed by atoms with Gasteiger partial charge in [0.05, 0.1) is 0 Å². The van der Waals surface area contributed by atoms with E-state index in [0.717, 1.165) is 0 Å². The molecule has 0 aliphatic rings. The van der Waals surface area contributed by atoms with Crippen LogP contribution >= 0.6 is 0 Å². The van der Waals surface area contributed by atoms with E-state index in [2.05, 4.69) is 18.5 Å². The molecule has 0 saturated carbocycles. The zero-order valence-electron chi connectivity index (χ0n) is 11.6. The monoisotopic (exact) mass is 283 g/mol. The minimum Gasteiger partial charge on any atom is -0.508 e. The smallest absolute Gasteiger partial charge is 0.267 e. The van der Waals surface area contributed by atoms with Crippen LogP contribution < -0.4 is 5.32 Å². The predicted molar refractivity (Wildman–Crippen MR) is 82.4 cm³/mol. The first-order valence-electron chi connectivity index (χ1n) is 6.29. The number of hydrogen-bond donors (Lipinski definition) is 2. The number of anilines is 1. The van der Waals surface area contributed by atoms with Crippen LogP contribution in [0, 0.1) is 11.3 Å². The van der Waals surface area contributed by atoms with Gasteiger partial charge in [0.1, 0.15) is 17.4 Å². The molecule has 108 valence electrons. The summed E-state index contributed by atoms with van der Waals surface area (Å²) in [4.78, 5) is 13.8. The number of aromatic hydroxyl groups is 1. The molecule has 0 radical (unpaired) electrons. The Hall–Kier alpha value is -3.00. The third-order valence-electron chi connectivity index (χ3n) is 2.51. The highest BCUT2D eigenvalue weighted by Gasteiger charge is 2.11. The van der Waals surface area contributed by atoms with Crippen LogP contribution in [0.25, 0.3) is 0 Å². The summed E-state index contributed by atoms with van der Waals surface area (Å²) in [6.07, 6.45) is 4.80. The summed E-state index contributed by atoms with van der Waals surface area (Å²) in [6, 6.07) is 7.98. The Morgan fingerprint density at radius 1 is 1.38 bits per heavy atom. The van der Waals surface area contributed by atoms with Crippen LogP contribution in [0.15, 0.2) is 61.3 Å². The SMILES string of the molecule is C=CCN(/C=C(/C#N)C(=O)Nc1cccc(O)c1)CC=C. The molecule has 0 fully saturated rings. The Morgan fingerprint density at radius 3 is 2.57 bits per heavy atom. The maximum atomic E-state index is 12.0. The maximum Gasteiger partial charge on any atom is 0.267 e. The zero-order valence-corrected chi connectivity index (χ0v) is 11.6. The first-order valence-corrected chi connectivity index (χ1v) is 6.29. The fraction of sp³-hybridized carbons (Fsp3) is 0.125. The summed E-state index contributed by atoms with van der Waals surface area (Å²) >= 11 is 0. The van der Waals surface area contributed by atoms with Crippen molar-refractivity contribution < 1.29 is 9.90 Å². The Morgan fingerprint density at radius 2 is 2.05 bits per heavy atom. The number of phenols is 1. The first-order chi connectivity index (χ1) is 10.1. The summed E-state index contributed by atoms with van der Waals surface area (Å²) < 4.78 is 0. The molecule has 1 aromatic carbocycles. The number of nitriles is 1. The molecule has 5 heteroatoms. The molecule has 0 heterocycles. The van der Waals surface area contributed by atoms with Gasteiger partial charge < -0.3 is 15.3 Å². The van der Waals surface area contributed by atoms with Crippen molar-refractivity contribution in [3.8, 4) is 11.8 Å². The molecule has 0 aliphatic carbocycles. The second-order valence-corrected chi connectivity index (χ2v) is 4.19. The number of benzene rings is 1. The number of rotatable bonds is 7. The highest BCUT2D eigenvalue weighted by molar-refractivity contribution is 6.06. The molecule has 21 heavy (non-hydrogen) atoms. The van der Waals surface area contributed by atoms with E-state index in [4.69, 9.17) is 5.26 Å². The molecule has 2 N–H and O–H groups in total. The lowest BCUT2D eigenvalue weighted by Crippen LogP contribution is -2.21. The summed E-state index contributed by atoms with van der Waals surface area (Å²) in [6.45, 7) is 8.24.